The summed E-state index contributed by atoms with van der Waals surface area (Å²) in [6, 6.07) is 0. The maximum Gasteiger partial charge on any atom is 0.231 e. The summed E-state index contributed by atoms with van der Waals surface area (Å²) in [5, 5.41) is 10.8. The Morgan fingerprint density at radius 3 is 1.25 bits per heavy atom. The Morgan fingerprint density at radius 1 is 0.917 bits per heavy atom. The Bertz CT molecular complexity index is 191. The van der Waals surface area contributed by atoms with E-state index in [0.717, 1.165) is 25.0 Å². The second-order valence-electron chi connectivity index (χ2n) is 1.76. The maximum absolute atomic E-state index is 8.35. The normalized spacial score (nSPS) is 10.7. The molecule has 0 amide bonds. The van der Waals surface area contributed by atoms with E-state index in [0.29, 0.717) is 0 Å². The summed E-state index contributed by atoms with van der Waals surface area (Å²) < 4.78 is 0. The molecule has 1 rings (SSSR count). The number of isocyanates is 2. The molecule has 0 atom stereocenters. The van der Waals surface area contributed by atoms with Crippen molar-refractivity contribution >= 4 is 12.2 Å². The van der Waals surface area contributed by atoms with Crippen LogP contribution in [-0.4, -0.2) is 12.2 Å². The van der Waals surface area contributed by atoms with Gasteiger partial charge in [0.2, 0.25) is 12.2 Å². The van der Waals surface area contributed by atoms with Crippen LogP contribution in [0.2, 0.25) is 0 Å². The summed E-state index contributed by atoms with van der Waals surface area (Å²) in [6.45, 7) is 0. The average Bonchev–Trinajstić information content (AvgIpc) is 2.10. The molecule has 1 aliphatic carbocycles. The Morgan fingerprint density at radius 2 is 1.17 bits per heavy atom. The van der Waals surface area contributed by atoms with Gasteiger partial charge >= 0.3 is 0 Å². The van der Waals surface area contributed by atoms with Crippen LogP contribution in [0.3, 0.4) is 0 Å². The molecule has 1 aliphatic rings. The van der Waals surface area contributed by atoms with E-state index in [1.807, 2.05) is 0 Å². The minimum atomic E-state index is 0.750. The van der Waals surface area contributed by atoms with E-state index in [9.17, 15) is 0 Å². The van der Waals surface area contributed by atoms with E-state index in [4.69, 9.17) is 20.4 Å². The zero-order valence-corrected chi connectivity index (χ0v) is 6.64. The highest BCUT2D eigenvalue weighted by Gasteiger charge is 1.86. The highest BCUT2D eigenvalue weighted by Crippen LogP contribution is 2.01. The lowest BCUT2D eigenvalue weighted by atomic mass is 10.1. The molecule has 4 nitrogen and oxygen atoms in total. The fourth-order valence-corrected chi connectivity index (χ4v) is 0.604. The zero-order chi connectivity index (χ0) is 9.66. The van der Waals surface area contributed by atoms with Gasteiger partial charge < -0.3 is 0 Å². The summed E-state index contributed by atoms with van der Waals surface area (Å²) in [5.74, 6) is 6.07. The quantitative estimate of drug-likeness (QED) is 0.323. The van der Waals surface area contributed by atoms with Gasteiger partial charge in [0.15, 0.2) is 0 Å². The average molecular weight is 166 g/mol. The van der Waals surface area contributed by atoms with E-state index in [-0.39, 0.29) is 0 Å². The SMILES string of the molecule is C1#CCCCC1.N=C=O.N=C=O. The molecule has 0 aliphatic heterocycles. The van der Waals surface area contributed by atoms with Gasteiger partial charge in [0.25, 0.3) is 0 Å². The van der Waals surface area contributed by atoms with Crippen LogP contribution < -0.4 is 0 Å². The van der Waals surface area contributed by atoms with Crippen molar-refractivity contribution < 1.29 is 9.59 Å². The van der Waals surface area contributed by atoms with Gasteiger partial charge in [-0.25, -0.2) is 20.4 Å². The number of hydrogen-bond donors (Lipinski definition) is 2. The van der Waals surface area contributed by atoms with Crippen LogP contribution in [0, 0.1) is 22.7 Å². The van der Waals surface area contributed by atoms with Crippen molar-refractivity contribution in [3.8, 4) is 11.8 Å². The molecule has 2 N–H and O–H groups in total. The van der Waals surface area contributed by atoms with Gasteiger partial charge in [-0.3, -0.25) is 0 Å². The highest BCUT2D eigenvalue weighted by atomic mass is 16.1. The van der Waals surface area contributed by atoms with Crippen molar-refractivity contribution in [2.45, 2.75) is 25.7 Å². The predicted molar refractivity (Wildman–Crippen MR) is 43.1 cm³/mol. The monoisotopic (exact) mass is 166 g/mol. The Labute approximate surface area is 71.0 Å². The first kappa shape index (κ1) is 12.9. The van der Waals surface area contributed by atoms with Crippen LogP contribution in [-0.2, 0) is 9.59 Å². The van der Waals surface area contributed by atoms with E-state index in [2.05, 4.69) is 11.8 Å². The molecule has 0 bridgehead atoms. The van der Waals surface area contributed by atoms with Crippen molar-refractivity contribution in [3.63, 3.8) is 0 Å². The number of rotatable bonds is 0. The molecule has 0 unspecified atom stereocenters. The van der Waals surface area contributed by atoms with Gasteiger partial charge in [-0.1, -0.05) is 0 Å². The Balaban J connectivity index is 0. The third-order valence-corrected chi connectivity index (χ3v) is 0.979. The van der Waals surface area contributed by atoms with Crippen molar-refractivity contribution in [1.82, 2.24) is 0 Å². The molecule has 0 aromatic rings. The maximum atomic E-state index is 8.35. The topological polar surface area (TPSA) is 81.8 Å². The molecule has 0 heterocycles. The molecular weight excluding hydrogens is 156 g/mol. The van der Waals surface area contributed by atoms with Crippen LogP contribution in [0.25, 0.3) is 0 Å². The summed E-state index contributed by atoms with van der Waals surface area (Å²) >= 11 is 0. The molecule has 64 valence electrons. The largest absolute Gasteiger partial charge is 0.231 e. The molecule has 0 spiro atoms. The number of nitrogens with one attached hydrogen (secondary N) is 2. The molecule has 0 saturated carbocycles. The molecule has 0 saturated heterocycles. The Kier molecular flexibility index (Phi) is 17.4. The fraction of sp³-hybridized carbons (Fsp3) is 0.500. The standard InChI is InChI=1S/C6H8.2CHNO/c1-2-4-6-5-3-1;2*2-1-3/h1-4H2;2*2H. The minimum Gasteiger partial charge on any atom is -0.222 e. The molecule has 0 aromatic heterocycles. The lowest BCUT2D eigenvalue weighted by molar-refractivity contribution is 0.562. The van der Waals surface area contributed by atoms with E-state index in [1.165, 1.54) is 12.8 Å². The lowest BCUT2D eigenvalue weighted by Crippen LogP contribution is -1.77. The third-order valence-electron chi connectivity index (χ3n) is 0.979. The highest BCUT2D eigenvalue weighted by molar-refractivity contribution is 5.26. The molecule has 0 aromatic carbocycles. The summed E-state index contributed by atoms with van der Waals surface area (Å²) in [5.41, 5.74) is 0. The smallest absolute Gasteiger partial charge is 0.222 e. The molecular formula is C8H10N2O2. The van der Waals surface area contributed by atoms with Gasteiger partial charge in [0.05, 0.1) is 0 Å². The van der Waals surface area contributed by atoms with Gasteiger partial charge in [-0.15, -0.1) is 11.8 Å². The summed E-state index contributed by atoms with van der Waals surface area (Å²) in [7, 11) is 0. The van der Waals surface area contributed by atoms with Crippen LogP contribution in [0.5, 0.6) is 0 Å². The second-order valence-corrected chi connectivity index (χ2v) is 1.76. The molecule has 0 fully saturated rings. The fourth-order valence-electron chi connectivity index (χ4n) is 0.604. The summed E-state index contributed by atoms with van der Waals surface area (Å²) in [4.78, 5) is 16.7. The number of hydrogen-bond acceptors (Lipinski definition) is 4. The van der Waals surface area contributed by atoms with E-state index >= 15 is 0 Å². The zero-order valence-electron chi connectivity index (χ0n) is 6.64. The second kappa shape index (κ2) is 16.2. The van der Waals surface area contributed by atoms with Crippen LogP contribution in [0.1, 0.15) is 25.7 Å². The first-order valence-electron chi connectivity index (χ1n) is 3.37. The van der Waals surface area contributed by atoms with Crippen LogP contribution in [0.4, 0.5) is 0 Å². The van der Waals surface area contributed by atoms with Gasteiger partial charge in [0.1, 0.15) is 0 Å². The van der Waals surface area contributed by atoms with Gasteiger partial charge in [-0.2, -0.15) is 0 Å². The first-order valence-corrected chi connectivity index (χ1v) is 3.37. The molecule has 12 heavy (non-hydrogen) atoms. The van der Waals surface area contributed by atoms with Crippen molar-refractivity contribution in [2.24, 2.45) is 0 Å². The predicted octanol–water partition coefficient (Wildman–Crippen LogP) is 1.37. The van der Waals surface area contributed by atoms with Crippen molar-refractivity contribution in [3.05, 3.63) is 0 Å². The number of carbonyl (C=O) groups excluding carboxylic acids is 2. The lowest BCUT2D eigenvalue weighted by Gasteiger charge is -1.92. The van der Waals surface area contributed by atoms with Crippen LogP contribution in [0.15, 0.2) is 0 Å². The minimum absolute atomic E-state index is 0.750. The summed E-state index contributed by atoms with van der Waals surface area (Å²) in [6.07, 6.45) is 6.43. The van der Waals surface area contributed by atoms with Gasteiger partial charge in [0, 0.05) is 12.8 Å². The van der Waals surface area contributed by atoms with E-state index < -0.39 is 0 Å². The Hall–Kier alpha value is -1.68. The third kappa shape index (κ3) is 23.9. The molecule has 4 heteroatoms. The first-order chi connectivity index (χ1) is 5.83. The van der Waals surface area contributed by atoms with Gasteiger partial charge in [-0.05, 0) is 12.8 Å². The van der Waals surface area contributed by atoms with Crippen molar-refractivity contribution in [2.75, 3.05) is 0 Å². The van der Waals surface area contributed by atoms with Crippen LogP contribution >= 0.6 is 0 Å². The van der Waals surface area contributed by atoms with Crippen molar-refractivity contribution in [1.29, 1.82) is 10.8 Å². The molecule has 0 radical (unpaired) electrons. The van der Waals surface area contributed by atoms with E-state index in [1.54, 1.807) is 0 Å².